The number of nitrogens with zero attached hydrogens (tertiary/aromatic N) is 2. The molecule has 6 heteroatoms. The maximum Gasteiger partial charge on any atom is 0.263 e. The number of rotatable bonds is 6. The first-order valence-electron chi connectivity index (χ1n) is 7.05. The van der Waals surface area contributed by atoms with Gasteiger partial charge in [-0.1, -0.05) is 13.3 Å². The number of anilines is 2. The molecule has 0 saturated heterocycles. The van der Waals surface area contributed by atoms with E-state index < -0.39 is 5.91 Å². The number of nitrogens with two attached hydrogens (primary N) is 1. The summed E-state index contributed by atoms with van der Waals surface area (Å²) in [4.78, 5) is 25.0. The Balaban J connectivity index is 2.99. The molecule has 0 fully saturated rings. The molecule has 1 aromatic carbocycles. The van der Waals surface area contributed by atoms with E-state index in [0.29, 0.717) is 17.9 Å². The maximum absolute atomic E-state index is 11.9. The second-order valence-corrected chi connectivity index (χ2v) is 4.74. The van der Waals surface area contributed by atoms with Crippen LogP contribution in [0.1, 0.15) is 26.7 Å². The van der Waals surface area contributed by atoms with Gasteiger partial charge in [0.25, 0.3) is 5.91 Å². The average Bonchev–Trinajstić information content (AvgIpc) is 2.49. The third kappa shape index (κ3) is 4.94. The van der Waals surface area contributed by atoms with Crippen LogP contribution in [0.3, 0.4) is 0 Å². The van der Waals surface area contributed by atoms with Crippen LogP contribution < -0.4 is 16.0 Å². The summed E-state index contributed by atoms with van der Waals surface area (Å²) in [7, 11) is 0. The summed E-state index contributed by atoms with van der Waals surface area (Å²) in [6.45, 7) is 3.86. The van der Waals surface area contributed by atoms with Gasteiger partial charge in [-0.05, 0) is 30.7 Å². The van der Waals surface area contributed by atoms with E-state index in [0.717, 1.165) is 12.8 Å². The van der Waals surface area contributed by atoms with Gasteiger partial charge < -0.3 is 11.1 Å². The third-order valence-corrected chi connectivity index (χ3v) is 2.95. The zero-order chi connectivity index (χ0) is 16.5. The van der Waals surface area contributed by atoms with Crippen molar-refractivity contribution < 1.29 is 9.59 Å². The molecular formula is C16H20N4O2. The van der Waals surface area contributed by atoms with Gasteiger partial charge in [-0.2, -0.15) is 5.26 Å². The summed E-state index contributed by atoms with van der Waals surface area (Å²) >= 11 is 0. The van der Waals surface area contributed by atoms with E-state index in [4.69, 9.17) is 11.0 Å². The molecule has 0 unspecified atom stereocenters. The van der Waals surface area contributed by atoms with Crippen molar-refractivity contribution in [2.45, 2.75) is 26.7 Å². The summed E-state index contributed by atoms with van der Waals surface area (Å²) in [5.74, 6) is -0.795. The molecule has 6 nitrogen and oxygen atoms in total. The fourth-order valence-electron chi connectivity index (χ4n) is 1.72. The quantitative estimate of drug-likeness (QED) is 0.363. The topological polar surface area (TPSA) is 99.2 Å². The van der Waals surface area contributed by atoms with E-state index in [9.17, 15) is 9.59 Å². The molecule has 116 valence electrons. The largest absolute Gasteiger partial charge is 0.399 e. The van der Waals surface area contributed by atoms with Crippen molar-refractivity contribution in [3.63, 3.8) is 0 Å². The minimum atomic E-state index is -0.488. The van der Waals surface area contributed by atoms with Crippen molar-refractivity contribution >= 4 is 23.2 Å². The van der Waals surface area contributed by atoms with Crippen LogP contribution in [0.25, 0.3) is 0 Å². The average molecular weight is 300 g/mol. The van der Waals surface area contributed by atoms with Crippen molar-refractivity contribution in [3.05, 3.63) is 36.0 Å². The SMILES string of the molecule is CCCCNC(=O)/C(C#N)=C\N(C(C)=O)c1ccc(N)cc1. The lowest BCUT2D eigenvalue weighted by atomic mass is 10.2. The molecule has 0 aromatic heterocycles. The van der Waals surface area contributed by atoms with Crippen LogP contribution in [-0.4, -0.2) is 18.4 Å². The first-order chi connectivity index (χ1) is 10.5. The molecule has 3 N–H and O–H groups in total. The fourth-order valence-corrected chi connectivity index (χ4v) is 1.72. The Labute approximate surface area is 130 Å². The number of carbonyl (C=O) groups excluding carboxylic acids is 2. The van der Waals surface area contributed by atoms with E-state index in [1.54, 1.807) is 24.3 Å². The van der Waals surface area contributed by atoms with Gasteiger partial charge in [-0.15, -0.1) is 0 Å². The molecule has 22 heavy (non-hydrogen) atoms. The number of hydrogen-bond acceptors (Lipinski definition) is 4. The Morgan fingerprint density at radius 3 is 2.50 bits per heavy atom. The summed E-state index contributed by atoms with van der Waals surface area (Å²) in [6, 6.07) is 8.42. The van der Waals surface area contributed by atoms with Crippen LogP contribution in [0.5, 0.6) is 0 Å². The first-order valence-corrected chi connectivity index (χ1v) is 7.05. The molecule has 0 atom stereocenters. The van der Waals surface area contributed by atoms with E-state index >= 15 is 0 Å². The molecule has 0 saturated carbocycles. The van der Waals surface area contributed by atoms with Gasteiger partial charge >= 0.3 is 0 Å². The number of unbranched alkanes of at least 4 members (excludes halogenated alkanes) is 1. The van der Waals surface area contributed by atoms with Gasteiger partial charge in [0.05, 0.1) is 0 Å². The highest BCUT2D eigenvalue weighted by Crippen LogP contribution is 2.18. The summed E-state index contributed by atoms with van der Waals surface area (Å²) in [6.07, 6.45) is 3.02. The van der Waals surface area contributed by atoms with Crippen molar-refractivity contribution in [1.29, 1.82) is 5.26 Å². The van der Waals surface area contributed by atoms with Crippen LogP contribution in [0.2, 0.25) is 0 Å². The predicted octanol–water partition coefficient (Wildman–Crippen LogP) is 1.95. The molecule has 0 aliphatic rings. The van der Waals surface area contributed by atoms with E-state index in [1.807, 2.05) is 13.0 Å². The Hall–Kier alpha value is -2.81. The Bertz CT molecular complexity index is 600. The number of nitriles is 1. The van der Waals surface area contributed by atoms with Crippen LogP contribution in [0.4, 0.5) is 11.4 Å². The number of benzene rings is 1. The summed E-state index contributed by atoms with van der Waals surface area (Å²) < 4.78 is 0. The summed E-state index contributed by atoms with van der Waals surface area (Å²) in [5, 5.41) is 11.8. The predicted molar refractivity (Wildman–Crippen MR) is 85.6 cm³/mol. The molecule has 1 rings (SSSR count). The molecule has 1 aromatic rings. The van der Waals surface area contributed by atoms with Crippen molar-refractivity contribution in [3.8, 4) is 6.07 Å². The van der Waals surface area contributed by atoms with Gasteiger partial charge in [-0.25, -0.2) is 0 Å². The van der Waals surface area contributed by atoms with Gasteiger partial charge in [0, 0.05) is 31.0 Å². The molecule has 0 aliphatic carbocycles. The van der Waals surface area contributed by atoms with Gasteiger partial charge in [0.1, 0.15) is 11.6 Å². The lowest BCUT2D eigenvalue weighted by Crippen LogP contribution is -2.29. The van der Waals surface area contributed by atoms with Crippen LogP contribution in [0.15, 0.2) is 36.0 Å². The smallest absolute Gasteiger partial charge is 0.263 e. The zero-order valence-electron chi connectivity index (χ0n) is 12.8. The normalized spacial score (nSPS) is 10.7. The van der Waals surface area contributed by atoms with Crippen molar-refractivity contribution in [2.75, 3.05) is 17.2 Å². The summed E-state index contributed by atoms with van der Waals surface area (Å²) in [5.41, 5.74) is 6.59. The van der Waals surface area contributed by atoms with E-state index in [2.05, 4.69) is 5.32 Å². The number of amides is 2. The second kappa shape index (κ2) is 8.47. The monoisotopic (exact) mass is 300 g/mol. The first kappa shape index (κ1) is 17.2. The zero-order valence-corrected chi connectivity index (χ0v) is 12.8. The molecule has 0 spiro atoms. The van der Waals surface area contributed by atoms with E-state index in [-0.39, 0.29) is 11.5 Å². The van der Waals surface area contributed by atoms with Gasteiger partial charge in [-0.3, -0.25) is 14.5 Å². The van der Waals surface area contributed by atoms with Gasteiger partial charge in [0.2, 0.25) is 5.91 Å². The third-order valence-electron chi connectivity index (χ3n) is 2.95. The lowest BCUT2D eigenvalue weighted by Gasteiger charge is -2.17. The van der Waals surface area contributed by atoms with Gasteiger partial charge in [0.15, 0.2) is 0 Å². The standard InChI is InChI=1S/C16H20N4O2/c1-3-4-9-19-16(22)13(10-17)11-20(12(2)21)15-7-5-14(18)6-8-15/h5-8,11H,3-4,9,18H2,1-2H3,(H,19,22)/b13-11-. The number of hydrogen-bond donors (Lipinski definition) is 2. The molecule has 0 heterocycles. The number of nitrogens with one attached hydrogen (secondary N) is 1. The highest BCUT2D eigenvalue weighted by atomic mass is 16.2. The lowest BCUT2D eigenvalue weighted by molar-refractivity contribution is -0.117. The Kier molecular flexibility index (Phi) is 6.64. The molecule has 0 bridgehead atoms. The Morgan fingerprint density at radius 1 is 1.36 bits per heavy atom. The number of nitrogen functional groups attached to an aromatic ring is 1. The van der Waals surface area contributed by atoms with Crippen LogP contribution in [-0.2, 0) is 9.59 Å². The highest BCUT2D eigenvalue weighted by molar-refractivity contribution is 6.01. The van der Waals surface area contributed by atoms with Crippen molar-refractivity contribution in [2.24, 2.45) is 0 Å². The number of carbonyl (C=O) groups is 2. The van der Waals surface area contributed by atoms with Crippen molar-refractivity contribution in [1.82, 2.24) is 5.32 Å². The molecule has 2 amide bonds. The fraction of sp³-hybridized carbons (Fsp3) is 0.312. The minimum absolute atomic E-state index is 0.122. The highest BCUT2D eigenvalue weighted by Gasteiger charge is 2.14. The Morgan fingerprint density at radius 2 is 2.00 bits per heavy atom. The maximum atomic E-state index is 11.9. The molecule has 0 aliphatic heterocycles. The van der Waals surface area contributed by atoms with Crippen LogP contribution >= 0.6 is 0 Å². The molecule has 0 radical (unpaired) electrons. The molecular weight excluding hydrogens is 280 g/mol. The van der Waals surface area contributed by atoms with E-state index in [1.165, 1.54) is 18.0 Å². The second-order valence-electron chi connectivity index (χ2n) is 4.74. The van der Waals surface area contributed by atoms with Crippen LogP contribution in [0, 0.1) is 11.3 Å². The minimum Gasteiger partial charge on any atom is -0.399 e.